The van der Waals surface area contributed by atoms with Gasteiger partial charge in [0.05, 0.1) is 32.9 Å². The fourth-order valence-electron chi connectivity index (χ4n) is 21.7. The summed E-state index contributed by atoms with van der Waals surface area (Å²) in [4.78, 5) is 10.8. The van der Waals surface area contributed by atoms with Crippen molar-refractivity contribution in [3.63, 3.8) is 0 Å². The first-order chi connectivity index (χ1) is 56.1. The molecule has 0 radical (unpaired) electrons. The molecule has 25 rings (SSSR count). The molecule has 4 aliphatic rings. The maximum Gasteiger partial charge on any atom is 0.145 e. The second kappa shape index (κ2) is 23.6. The minimum Gasteiger partial charge on any atom is -0.296 e. The first-order valence-corrected chi connectivity index (χ1v) is 39.7. The van der Waals surface area contributed by atoms with Gasteiger partial charge in [0.1, 0.15) is 11.6 Å². The van der Waals surface area contributed by atoms with Crippen molar-refractivity contribution in [2.45, 2.75) is 30.1 Å². The van der Waals surface area contributed by atoms with E-state index in [1.54, 1.807) is 0 Å². The van der Waals surface area contributed by atoms with Gasteiger partial charge in [0.15, 0.2) is 0 Å². The van der Waals surface area contributed by atoms with Crippen LogP contribution in [-0.2, 0) is 23.7 Å². The summed E-state index contributed by atoms with van der Waals surface area (Å²) in [6.45, 7) is 0. The lowest BCUT2D eigenvalue weighted by atomic mass is 9.68. The Kier molecular flexibility index (Phi) is 13.1. The molecular weight excluding hydrogens is 1370 g/mol. The molecule has 2 spiro atoms. The van der Waals surface area contributed by atoms with Crippen molar-refractivity contribution >= 4 is 86.7 Å². The number of aryl methyl sites for hydroxylation is 2. The Hall–Kier alpha value is -14.3. The minimum absolute atomic E-state index is 0.588. The van der Waals surface area contributed by atoms with Gasteiger partial charge in [-0.15, -0.1) is 0 Å². The molecule has 2 heterocycles. The smallest absolute Gasteiger partial charge is 0.145 e. The minimum atomic E-state index is -0.641. The molecule has 4 nitrogen and oxygen atoms in total. The van der Waals surface area contributed by atoms with Gasteiger partial charge in [0.2, 0.25) is 0 Å². The molecule has 0 fully saturated rings. The summed E-state index contributed by atoms with van der Waals surface area (Å²) in [5.74, 6) is 1.98. The van der Waals surface area contributed by atoms with Crippen LogP contribution in [0.2, 0.25) is 0 Å². The molecule has 0 amide bonds. The zero-order valence-electron chi connectivity index (χ0n) is 61.7. The van der Waals surface area contributed by atoms with Crippen LogP contribution in [0.15, 0.2) is 376 Å². The van der Waals surface area contributed by atoms with Gasteiger partial charge >= 0.3 is 0 Å². The normalized spacial score (nSPS) is 13.6. The van der Waals surface area contributed by atoms with E-state index >= 15 is 0 Å². The number of aromatic nitrogens is 4. The van der Waals surface area contributed by atoms with Crippen LogP contribution in [0.3, 0.4) is 0 Å². The van der Waals surface area contributed by atoms with Gasteiger partial charge < -0.3 is 0 Å². The van der Waals surface area contributed by atoms with E-state index < -0.39 is 10.8 Å². The lowest BCUT2D eigenvalue weighted by Gasteiger charge is -2.32. The number of nitrogens with zero attached hydrogens (tertiary/aromatic N) is 4. The molecule has 0 atom stereocenters. The molecule has 0 bridgehead atoms. The Bertz CT molecular complexity index is 7650. The molecule has 21 aromatic rings. The maximum absolute atomic E-state index is 5.55. The zero-order chi connectivity index (χ0) is 73.8. The van der Waals surface area contributed by atoms with Crippen LogP contribution in [0.5, 0.6) is 0 Å². The Morgan fingerprint density at radius 3 is 1.13 bits per heavy atom. The van der Waals surface area contributed by atoms with Crippen molar-refractivity contribution in [1.82, 2.24) is 19.1 Å². The number of imidazole rings is 2. The summed E-state index contributed by atoms with van der Waals surface area (Å²) < 4.78 is 4.79. The molecule has 4 aliphatic carbocycles. The van der Waals surface area contributed by atoms with E-state index in [1.807, 2.05) is 0 Å². The largest absolute Gasteiger partial charge is 0.296 e. The number of fused-ring (bicyclic) bond motifs is 36. The molecular formula is C109H68N4. The van der Waals surface area contributed by atoms with E-state index in [0.29, 0.717) is 0 Å². The SMILES string of the molecule is c1ccc(-c2nc3ccccc3n2-c2cccc(-c3cc4c(c5ccccc35)-c3c(c5ccccc5c5cc(CCCc6nc7ccccc7n6-c6cccc(-c7cc8c(c9ccccc79)-c7c(c9ccccc9c9ccccc79)C87c8ccccc8-c8ccccc87)c6)ccc35)C43c4ccccc4-c4ccccc43)c2)cc1. The van der Waals surface area contributed by atoms with E-state index in [2.05, 4.69) is 385 Å². The number of hydrogen-bond donors (Lipinski definition) is 0. The molecule has 524 valence electrons. The monoisotopic (exact) mass is 1430 g/mol. The van der Waals surface area contributed by atoms with E-state index in [-0.39, 0.29) is 0 Å². The summed E-state index contributed by atoms with van der Waals surface area (Å²) in [6.07, 6.45) is 2.56. The van der Waals surface area contributed by atoms with Crippen LogP contribution >= 0.6 is 0 Å². The van der Waals surface area contributed by atoms with Gasteiger partial charge in [-0.05, 0) is 255 Å². The number of benzene rings is 19. The van der Waals surface area contributed by atoms with Gasteiger partial charge in [-0.1, -0.05) is 315 Å². The van der Waals surface area contributed by atoms with E-state index in [0.717, 1.165) is 75.5 Å². The van der Waals surface area contributed by atoms with Crippen molar-refractivity contribution in [1.29, 1.82) is 0 Å². The van der Waals surface area contributed by atoms with E-state index in [1.165, 1.54) is 176 Å². The van der Waals surface area contributed by atoms with E-state index in [9.17, 15) is 0 Å². The van der Waals surface area contributed by atoms with E-state index in [4.69, 9.17) is 9.97 Å². The van der Waals surface area contributed by atoms with Gasteiger partial charge in [-0.2, -0.15) is 0 Å². The third-order valence-electron chi connectivity index (χ3n) is 26.0. The standard InChI is InChI=1S/C109H68N4/c1-2-30-67(31-3-1)107-111-97-55-23-25-57-99(97)113(107)71-35-28-33-69(63-71)88-65-95-102(82-46-10-6-39-75(82)88)104-84-60-59-66(61-89(84)76-40-8-13-49-86(76)106(104)109(95)92-52-20-16-43-79(92)80-44-17-21-53-93(80)109)29-26-58-100-110-96-54-22-24-56-98(96)112(100)70-34-27-32-68(62-70)87-64-94-101(81-45-9-5-38-74(81)87)103-83-47-11-4-36-72(83)73-37-7-12-48-85(73)105(103)108(94)90-50-18-14-41-77(90)78-42-15-19-51-91(78)108/h1-25,27-28,30-57,59-65H,26,29,58H2. The number of para-hydroxylation sites is 4. The zero-order valence-corrected chi connectivity index (χ0v) is 61.7. The van der Waals surface area contributed by atoms with Gasteiger partial charge in [-0.25, -0.2) is 9.97 Å². The second-order valence-electron chi connectivity index (χ2n) is 31.4. The van der Waals surface area contributed by atoms with Crippen molar-refractivity contribution in [2.75, 3.05) is 0 Å². The fourth-order valence-corrected chi connectivity index (χ4v) is 21.7. The molecule has 0 N–H and O–H groups in total. The van der Waals surface area contributed by atoms with Gasteiger partial charge in [0.25, 0.3) is 0 Å². The first-order valence-electron chi connectivity index (χ1n) is 39.7. The highest BCUT2D eigenvalue weighted by atomic mass is 15.1. The Morgan fingerprint density at radius 1 is 0.230 bits per heavy atom. The van der Waals surface area contributed by atoms with Gasteiger partial charge in [-0.3, -0.25) is 9.13 Å². The Morgan fingerprint density at radius 2 is 0.611 bits per heavy atom. The summed E-state index contributed by atoms with van der Waals surface area (Å²) in [6, 6.07) is 142. The molecule has 113 heavy (non-hydrogen) atoms. The lowest BCUT2D eigenvalue weighted by molar-refractivity contribution is 0.762. The van der Waals surface area contributed by atoms with Crippen LogP contribution in [0.4, 0.5) is 0 Å². The third kappa shape index (κ3) is 8.43. The Labute approximate surface area is 653 Å². The van der Waals surface area contributed by atoms with Crippen LogP contribution < -0.4 is 0 Å². The molecule has 0 unspecified atom stereocenters. The summed E-state index contributed by atoms with van der Waals surface area (Å²) in [5.41, 5.74) is 33.5. The number of hydrogen-bond acceptors (Lipinski definition) is 2. The summed E-state index contributed by atoms with van der Waals surface area (Å²) in [5, 5.41) is 15.3. The quantitative estimate of drug-likeness (QED) is 0.135. The lowest BCUT2D eigenvalue weighted by Crippen LogP contribution is -2.26. The molecule has 0 saturated carbocycles. The van der Waals surface area contributed by atoms with Crippen LogP contribution in [0.1, 0.15) is 62.3 Å². The predicted molar refractivity (Wildman–Crippen MR) is 468 cm³/mol. The molecule has 19 aromatic carbocycles. The fraction of sp³-hybridized carbons (Fsp3) is 0.0459. The topological polar surface area (TPSA) is 35.6 Å². The summed E-state index contributed by atoms with van der Waals surface area (Å²) in [7, 11) is 0. The number of rotatable bonds is 9. The van der Waals surface area contributed by atoms with Crippen LogP contribution in [0.25, 0.3) is 176 Å². The first kappa shape index (κ1) is 62.6. The Balaban J connectivity index is 0.625. The third-order valence-corrected chi connectivity index (χ3v) is 26.0. The second-order valence-corrected chi connectivity index (χ2v) is 31.4. The molecule has 4 heteroatoms. The van der Waals surface area contributed by atoms with Crippen LogP contribution in [-0.4, -0.2) is 19.1 Å². The molecule has 0 saturated heterocycles. The van der Waals surface area contributed by atoms with Crippen molar-refractivity contribution < 1.29 is 0 Å². The summed E-state index contributed by atoms with van der Waals surface area (Å²) >= 11 is 0. The van der Waals surface area contributed by atoms with Gasteiger partial charge in [0, 0.05) is 23.4 Å². The maximum atomic E-state index is 5.55. The predicted octanol–water partition coefficient (Wildman–Crippen LogP) is 27.1. The highest BCUT2D eigenvalue weighted by Crippen LogP contribution is 2.69. The molecule has 2 aromatic heterocycles. The average molecular weight is 1430 g/mol. The average Bonchev–Trinajstić information content (AvgIpc) is 1.49. The van der Waals surface area contributed by atoms with Crippen LogP contribution in [0, 0.1) is 0 Å². The van der Waals surface area contributed by atoms with Crippen molar-refractivity contribution in [2.24, 2.45) is 0 Å². The van der Waals surface area contributed by atoms with Crippen molar-refractivity contribution in [3.8, 4) is 89.5 Å². The molecule has 0 aliphatic heterocycles. The highest BCUT2D eigenvalue weighted by Gasteiger charge is 2.56. The highest BCUT2D eigenvalue weighted by molar-refractivity contribution is 6.26. The van der Waals surface area contributed by atoms with Crippen molar-refractivity contribution in [3.05, 3.63) is 432 Å².